The van der Waals surface area contributed by atoms with Crippen LogP contribution in [0.1, 0.15) is 32.2 Å². The summed E-state index contributed by atoms with van der Waals surface area (Å²) >= 11 is 0. The summed E-state index contributed by atoms with van der Waals surface area (Å²) in [5, 5.41) is 19.0. The minimum absolute atomic E-state index is 0.0262. The first-order valence-electron chi connectivity index (χ1n) is 12.1. The van der Waals surface area contributed by atoms with E-state index in [2.05, 4.69) is 34.3 Å². The van der Waals surface area contributed by atoms with Crippen molar-refractivity contribution in [3.8, 4) is 6.07 Å². The van der Waals surface area contributed by atoms with Crippen LogP contribution in [0.4, 0.5) is 17.3 Å². The van der Waals surface area contributed by atoms with E-state index in [1.54, 1.807) is 6.20 Å². The summed E-state index contributed by atoms with van der Waals surface area (Å²) in [6, 6.07) is 14.5. The first-order valence-corrected chi connectivity index (χ1v) is 12.1. The third-order valence-electron chi connectivity index (χ3n) is 7.01. The number of ether oxygens (including phenoxy) is 1. The Hall–Kier alpha value is -3.90. The van der Waals surface area contributed by atoms with Crippen molar-refractivity contribution in [3.63, 3.8) is 0 Å². The van der Waals surface area contributed by atoms with E-state index >= 15 is 0 Å². The van der Waals surface area contributed by atoms with Crippen LogP contribution in [0.25, 0.3) is 21.8 Å². The van der Waals surface area contributed by atoms with Gasteiger partial charge in [0.05, 0.1) is 48.8 Å². The lowest BCUT2D eigenvalue weighted by Gasteiger charge is -2.34. The van der Waals surface area contributed by atoms with E-state index in [1.165, 1.54) is 0 Å². The molecule has 9 heteroatoms. The number of benzene rings is 1. The molecule has 1 saturated carbocycles. The van der Waals surface area contributed by atoms with Crippen molar-refractivity contribution in [1.29, 1.82) is 5.26 Å². The monoisotopic (exact) mass is 469 g/mol. The zero-order valence-corrected chi connectivity index (χ0v) is 19.6. The molecule has 4 aromatic rings. The highest BCUT2D eigenvalue weighted by molar-refractivity contribution is 5.92. The smallest absolute Gasteiger partial charge is 0.261 e. The average Bonchev–Trinajstić information content (AvgIpc) is 3.65. The number of nitriles is 1. The number of H-pyrrole nitrogens is 1. The zero-order chi connectivity index (χ0) is 23.9. The van der Waals surface area contributed by atoms with Gasteiger partial charge in [0.15, 0.2) is 5.82 Å². The fourth-order valence-corrected chi connectivity index (χ4v) is 5.02. The van der Waals surface area contributed by atoms with E-state index in [0.717, 1.165) is 47.3 Å². The lowest BCUT2D eigenvalue weighted by molar-refractivity contribution is 0.0986. The summed E-state index contributed by atoms with van der Waals surface area (Å²) in [4.78, 5) is 22.7. The molecule has 1 saturated heterocycles. The Morgan fingerprint density at radius 1 is 1.29 bits per heavy atom. The molecule has 1 aliphatic carbocycles. The third kappa shape index (κ3) is 4.00. The number of anilines is 3. The maximum atomic E-state index is 12.8. The first-order chi connectivity index (χ1) is 17.1. The fourth-order valence-electron chi connectivity index (χ4n) is 5.02. The predicted molar refractivity (Wildman–Crippen MR) is 135 cm³/mol. The van der Waals surface area contributed by atoms with Gasteiger partial charge in [-0.15, -0.1) is 0 Å². The van der Waals surface area contributed by atoms with Crippen molar-refractivity contribution in [2.45, 2.75) is 38.3 Å². The molecular weight excluding hydrogens is 442 g/mol. The molecular formula is C26H27N7O2. The molecule has 2 unspecified atom stereocenters. The van der Waals surface area contributed by atoms with Gasteiger partial charge >= 0.3 is 0 Å². The zero-order valence-electron chi connectivity index (χ0n) is 19.6. The van der Waals surface area contributed by atoms with Gasteiger partial charge in [-0.25, -0.2) is 4.98 Å². The van der Waals surface area contributed by atoms with Crippen molar-refractivity contribution < 1.29 is 4.74 Å². The quantitative estimate of drug-likeness (QED) is 0.437. The Morgan fingerprint density at radius 2 is 2.17 bits per heavy atom. The number of aromatic nitrogens is 4. The van der Waals surface area contributed by atoms with Crippen molar-refractivity contribution >= 4 is 39.1 Å². The Kier molecular flexibility index (Phi) is 5.38. The number of hydrogen-bond donors (Lipinski definition) is 2. The molecule has 0 amide bonds. The number of rotatable bonds is 6. The molecule has 0 bridgehead atoms. The standard InChI is InChI=1S/C26H27N7O2/c1-16-15-35-13-12-32(16)23-7-4-18-14-19(5-6-20(18)30-23)29-25-24-22(9-11-28-26(24)34)33(31-25)21(8-10-27)17-2-3-17/h4-7,9,11,14,16-17,21H,2-3,8,12-13,15H2,1H3,(H,28,34)(H,29,31). The molecule has 2 atom stereocenters. The highest BCUT2D eigenvalue weighted by atomic mass is 16.5. The number of aromatic amines is 1. The molecule has 35 heavy (non-hydrogen) atoms. The highest BCUT2D eigenvalue weighted by Gasteiger charge is 2.34. The summed E-state index contributed by atoms with van der Waals surface area (Å²) in [5.74, 6) is 1.88. The van der Waals surface area contributed by atoms with E-state index in [4.69, 9.17) is 14.8 Å². The molecule has 6 rings (SSSR count). The van der Waals surface area contributed by atoms with Crippen LogP contribution in [0.5, 0.6) is 0 Å². The highest BCUT2D eigenvalue weighted by Crippen LogP contribution is 2.43. The van der Waals surface area contributed by atoms with Crippen LogP contribution in [0.2, 0.25) is 0 Å². The van der Waals surface area contributed by atoms with Crippen molar-refractivity contribution in [2.24, 2.45) is 5.92 Å². The predicted octanol–water partition coefficient (Wildman–Crippen LogP) is 4.11. The van der Waals surface area contributed by atoms with E-state index < -0.39 is 0 Å². The number of pyridine rings is 2. The lowest BCUT2D eigenvalue weighted by atomic mass is 10.1. The van der Waals surface area contributed by atoms with Crippen LogP contribution in [0.3, 0.4) is 0 Å². The van der Waals surface area contributed by atoms with Crippen LogP contribution >= 0.6 is 0 Å². The van der Waals surface area contributed by atoms with Crippen LogP contribution < -0.4 is 15.8 Å². The molecule has 2 N–H and O–H groups in total. The molecule has 1 aliphatic heterocycles. The van der Waals surface area contributed by atoms with Gasteiger partial charge in [0.2, 0.25) is 0 Å². The van der Waals surface area contributed by atoms with Crippen molar-refractivity contribution in [1.82, 2.24) is 19.7 Å². The Morgan fingerprint density at radius 3 is 2.97 bits per heavy atom. The molecule has 4 heterocycles. The summed E-state index contributed by atoms with van der Waals surface area (Å²) in [6.45, 7) is 4.39. The second kappa shape index (κ2) is 8.71. The minimum Gasteiger partial charge on any atom is -0.377 e. The van der Waals surface area contributed by atoms with Gasteiger partial charge in [-0.05, 0) is 62.1 Å². The molecule has 3 aromatic heterocycles. The molecule has 0 spiro atoms. The number of morpholine rings is 1. The second-order valence-electron chi connectivity index (χ2n) is 9.45. The van der Waals surface area contributed by atoms with Gasteiger partial charge in [0.1, 0.15) is 11.2 Å². The SMILES string of the molecule is CC1COCCN1c1ccc2cc(Nc3nn(C(CC#N)C4CC4)c4cc[nH]c(=O)c34)ccc2n1. The molecule has 2 aliphatic rings. The Bertz CT molecular complexity index is 1500. The Balaban J connectivity index is 1.34. The van der Waals surface area contributed by atoms with Crippen molar-refractivity contribution in [3.05, 3.63) is 52.9 Å². The summed E-state index contributed by atoms with van der Waals surface area (Å²) in [5.41, 5.74) is 2.28. The summed E-state index contributed by atoms with van der Waals surface area (Å²) in [6.07, 6.45) is 4.18. The normalized spacial score (nSPS) is 19.1. The number of nitrogens with zero attached hydrogens (tertiary/aromatic N) is 5. The first kappa shape index (κ1) is 21.6. The largest absolute Gasteiger partial charge is 0.377 e. The molecule has 1 aromatic carbocycles. The molecule has 0 radical (unpaired) electrons. The van der Waals surface area contributed by atoms with E-state index in [-0.39, 0.29) is 17.6 Å². The number of nitrogens with one attached hydrogen (secondary N) is 2. The maximum absolute atomic E-state index is 12.8. The van der Waals surface area contributed by atoms with Gasteiger partial charge in [-0.3, -0.25) is 9.48 Å². The van der Waals surface area contributed by atoms with Gasteiger partial charge < -0.3 is 19.9 Å². The third-order valence-corrected chi connectivity index (χ3v) is 7.01. The topological polar surface area (TPSA) is 112 Å². The van der Waals surface area contributed by atoms with E-state index in [1.807, 2.05) is 35.0 Å². The van der Waals surface area contributed by atoms with Gasteiger partial charge in [-0.1, -0.05) is 0 Å². The maximum Gasteiger partial charge on any atom is 0.261 e. The van der Waals surface area contributed by atoms with Crippen LogP contribution in [-0.4, -0.2) is 45.5 Å². The molecule has 178 valence electrons. The van der Waals surface area contributed by atoms with Crippen molar-refractivity contribution in [2.75, 3.05) is 30.0 Å². The van der Waals surface area contributed by atoms with E-state index in [0.29, 0.717) is 36.8 Å². The number of fused-ring (bicyclic) bond motifs is 2. The van der Waals surface area contributed by atoms with E-state index in [9.17, 15) is 10.1 Å². The lowest BCUT2D eigenvalue weighted by Crippen LogP contribution is -2.44. The minimum atomic E-state index is -0.200. The summed E-state index contributed by atoms with van der Waals surface area (Å²) < 4.78 is 7.42. The van der Waals surface area contributed by atoms with Gasteiger partial charge in [-0.2, -0.15) is 10.4 Å². The van der Waals surface area contributed by atoms with Crippen LogP contribution in [-0.2, 0) is 4.74 Å². The van der Waals surface area contributed by atoms with Crippen LogP contribution in [0.15, 0.2) is 47.4 Å². The number of hydrogen-bond acceptors (Lipinski definition) is 7. The van der Waals surface area contributed by atoms with Gasteiger partial charge in [0, 0.05) is 23.8 Å². The molecule has 2 fully saturated rings. The molecule has 9 nitrogen and oxygen atoms in total. The second-order valence-corrected chi connectivity index (χ2v) is 9.45. The average molecular weight is 470 g/mol. The Labute approximate surface area is 202 Å². The van der Waals surface area contributed by atoms with Crippen LogP contribution in [0, 0.1) is 17.2 Å². The van der Waals surface area contributed by atoms with Gasteiger partial charge in [0.25, 0.3) is 5.56 Å². The summed E-state index contributed by atoms with van der Waals surface area (Å²) in [7, 11) is 0. The fraction of sp³-hybridized carbons (Fsp3) is 0.385.